The summed E-state index contributed by atoms with van der Waals surface area (Å²) in [5.74, 6) is 3.60. The third kappa shape index (κ3) is 1.68. The van der Waals surface area contributed by atoms with Gasteiger partial charge in [-0.2, -0.15) is 0 Å². The van der Waals surface area contributed by atoms with Gasteiger partial charge in [-0.15, -0.1) is 0 Å². The van der Waals surface area contributed by atoms with E-state index in [0.29, 0.717) is 19.6 Å². The SMILES string of the molecule is c1cc2c(c3c1C[C@@H]1c4cc5c(cc4CCN1C3)OCO5)OCO2. The number of rotatable bonds is 0. The third-order valence-corrected chi connectivity index (χ3v) is 5.62. The van der Waals surface area contributed by atoms with E-state index in [-0.39, 0.29) is 0 Å². The molecule has 0 radical (unpaired) electrons. The molecule has 0 saturated carbocycles. The predicted octanol–water partition coefficient (Wildman–Crippen LogP) is 2.80. The minimum atomic E-state index is 0.332. The van der Waals surface area contributed by atoms with E-state index in [9.17, 15) is 0 Å². The van der Waals surface area contributed by atoms with Crippen molar-refractivity contribution in [3.63, 3.8) is 0 Å². The van der Waals surface area contributed by atoms with Crippen molar-refractivity contribution in [1.82, 2.24) is 4.90 Å². The van der Waals surface area contributed by atoms with Crippen molar-refractivity contribution >= 4 is 0 Å². The van der Waals surface area contributed by atoms with Crippen LogP contribution in [0.4, 0.5) is 0 Å². The van der Waals surface area contributed by atoms with E-state index in [1.165, 1.54) is 22.3 Å². The smallest absolute Gasteiger partial charge is 0.231 e. The lowest BCUT2D eigenvalue weighted by molar-refractivity contribution is 0.151. The predicted molar refractivity (Wildman–Crippen MR) is 85.7 cm³/mol. The molecule has 5 nitrogen and oxygen atoms in total. The van der Waals surface area contributed by atoms with E-state index in [2.05, 4.69) is 23.1 Å². The summed E-state index contributed by atoms with van der Waals surface area (Å²) in [5, 5.41) is 0. The van der Waals surface area contributed by atoms with Crippen molar-refractivity contribution in [2.75, 3.05) is 20.1 Å². The van der Waals surface area contributed by atoms with Gasteiger partial charge in [-0.05, 0) is 47.7 Å². The fourth-order valence-electron chi connectivity index (χ4n) is 4.42. The molecule has 2 aromatic rings. The molecule has 0 fully saturated rings. The number of hydrogen-bond acceptors (Lipinski definition) is 5. The Kier molecular flexibility index (Phi) is 2.47. The number of hydrogen-bond donors (Lipinski definition) is 0. The van der Waals surface area contributed by atoms with Crippen LogP contribution in [0.15, 0.2) is 24.3 Å². The monoisotopic (exact) mass is 323 g/mol. The highest BCUT2D eigenvalue weighted by molar-refractivity contribution is 5.55. The molecule has 0 N–H and O–H groups in total. The van der Waals surface area contributed by atoms with Gasteiger partial charge < -0.3 is 18.9 Å². The van der Waals surface area contributed by atoms with Gasteiger partial charge in [-0.1, -0.05) is 6.07 Å². The average molecular weight is 323 g/mol. The van der Waals surface area contributed by atoms with E-state index in [1.54, 1.807) is 0 Å². The summed E-state index contributed by atoms with van der Waals surface area (Å²) in [7, 11) is 0. The van der Waals surface area contributed by atoms with Gasteiger partial charge in [0.15, 0.2) is 23.0 Å². The topological polar surface area (TPSA) is 40.2 Å². The molecule has 0 aliphatic carbocycles. The van der Waals surface area contributed by atoms with Gasteiger partial charge in [0.25, 0.3) is 0 Å². The molecule has 4 aliphatic rings. The summed E-state index contributed by atoms with van der Waals surface area (Å²) in [5.41, 5.74) is 5.44. The number of nitrogens with zero attached hydrogens (tertiary/aromatic N) is 1. The van der Waals surface area contributed by atoms with Gasteiger partial charge in [0.1, 0.15) is 0 Å². The van der Waals surface area contributed by atoms with Gasteiger partial charge >= 0.3 is 0 Å². The molecule has 1 atom stereocenters. The molecular formula is C19H17NO4. The van der Waals surface area contributed by atoms with Crippen molar-refractivity contribution in [2.45, 2.75) is 25.4 Å². The Bertz CT molecular complexity index is 863. The standard InChI is InChI=1S/C19H17NO4/c1-2-16-19(24-10-21-16)14-8-20-4-3-12-6-17-18(23-9-22-17)7-13(12)15(20)5-11(1)14/h1-2,6-7,15H,3-5,8-10H2/t15-/m1/s1. The first-order valence-electron chi connectivity index (χ1n) is 8.43. The maximum absolute atomic E-state index is 5.72. The quantitative estimate of drug-likeness (QED) is 0.745. The lowest BCUT2D eigenvalue weighted by Gasteiger charge is -2.41. The number of fused-ring (bicyclic) bond motifs is 7. The molecule has 0 aromatic heterocycles. The van der Waals surface area contributed by atoms with Crippen molar-refractivity contribution in [3.05, 3.63) is 46.5 Å². The van der Waals surface area contributed by atoms with Crippen molar-refractivity contribution in [3.8, 4) is 23.0 Å². The summed E-state index contributed by atoms with van der Waals surface area (Å²) < 4.78 is 22.4. The molecule has 0 saturated heterocycles. The molecule has 0 spiro atoms. The minimum absolute atomic E-state index is 0.332. The Morgan fingerprint density at radius 1 is 0.875 bits per heavy atom. The van der Waals surface area contributed by atoms with Crippen molar-refractivity contribution < 1.29 is 18.9 Å². The van der Waals surface area contributed by atoms with Crippen LogP contribution < -0.4 is 18.9 Å². The minimum Gasteiger partial charge on any atom is -0.454 e. The lowest BCUT2D eigenvalue weighted by atomic mass is 9.83. The summed E-state index contributed by atoms with van der Waals surface area (Å²) in [6.07, 6.45) is 2.04. The lowest BCUT2D eigenvalue weighted by Crippen LogP contribution is -2.39. The molecule has 4 heterocycles. The molecule has 0 unspecified atom stereocenters. The van der Waals surface area contributed by atoms with Gasteiger partial charge in [0.2, 0.25) is 13.6 Å². The summed E-state index contributed by atoms with van der Waals surface area (Å²) in [4.78, 5) is 2.55. The van der Waals surface area contributed by atoms with Crippen LogP contribution in [0.3, 0.4) is 0 Å². The highest BCUT2D eigenvalue weighted by atomic mass is 16.7. The Morgan fingerprint density at radius 3 is 2.67 bits per heavy atom. The van der Waals surface area contributed by atoms with Crippen LogP contribution in [0.1, 0.15) is 28.3 Å². The summed E-state index contributed by atoms with van der Waals surface area (Å²) in [6, 6.07) is 8.99. The summed E-state index contributed by atoms with van der Waals surface area (Å²) >= 11 is 0. The maximum Gasteiger partial charge on any atom is 0.231 e. The van der Waals surface area contributed by atoms with E-state index < -0.39 is 0 Å². The molecule has 6 rings (SSSR count). The van der Waals surface area contributed by atoms with Crippen LogP contribution in [-0.2, 0) is 19.4 Å². The second-order valence-electron chi connectivity index (χ2n) is 6.78. The van der Waals surface area contributed by atoms with Gasteiger partial charge in [0.05, 0.1) is 0 Å². The summed E-state index contributed by atoms with van der Waals surface area (Å²) in [6.45, 7) is 2.64. The van der Waals surface area contributed by atoms with Crippen molar-refractivity contribution in [1.29, 1.82) is 0 Å². The first-order valence-corrected chi connectivity index (χ1v) is 8.43. The highest BCUT2D eigenvalue weighted by Gasteiger charge is 2.36. The largest absolute Gasteiger partial charge is 0.454 e. The zero-order valence-electron chi connectivity index (χ0n) is 13.2. The molecule has 122 valence electrons. The first-order chi connectivity index (χ1) is 11.9. The number of benzene rings is 2. The van der Waals surface area contributed by atoms with Gasteiger partial charge in [-0.3, -0.25) is 4.90 Å². The number of ether oxygens (including phenoxy) is 4. The highest BCUT2D eigenvalue weighted by Crippen LogP contribution is 2.47. The Balaban J connectivity index is 1.45. The van der Waals surface area contributed by atoms with E-state index in [1.807, 2.05) is 6.07 Å². The van der Waals surface area contributed by atoms with Crippen LogP contribution >= 0.6 is 0 Å². The first kappa shape index (κ1) is 13.0. The van der Waals surface area contributed by atoms with Gasteiger partial charge in [-0.25, -0.2) is 0 Å². The van der Waals surface area contributed by atoms with Crippen LogP contribution in [0.2, 0.25) is 0 Å². The van der Waals surface area contributed by atoms with E-state index in [0.717, 1.165) is 48.9 Å². The average Bonchev–Trinajstić information content (AvgIpc) is 3.26. The second kappa shape index (κ2) is 4.57. The Labute approximate surface area is 139 Å². The third-order valence-electron chi connectivity index (χ3n) is 5.62. The molecule has 2 aromatic carbocycles. The maximum atomic E-state index is 5.72. The van der Waals surface area contributed by atoms with Gasteiger partial charge in [0, 0.05) is 24.7 Å². The van der Waals surface area contributed by atoms with Crippen LogP contribution in [0.5, 0.6) is 23.0 Å². The Hall–Kier alpha value is -2.40. The molecule has 0 amide bonds. The Morgan fingerprint density at radius 2 is 1.71 bits per heavy atom. The van der Waals surface area contributed by atoms with E-state index in [4.69, 9.17) is 18.9 Å². The normalized spacial score (nSPS) is 22.8. The zero-order chi connectivity index (χ0) is 15.7. The second-order valence-corrected chi connectivity index (χ2v) is 6.78. The zero-order valence-corrected chi connectivity index (χ0v) is 13.2. The molecule has 5 heteroatoms. The molecule has 4 aliphatic heterocycles. The fraction of sp³-hybridized carbons (Fsp3) is 0.368. The van der Waals surface area contributed by atoms with Crippen LogP contribution in [0, 0.1) is 0 Å². The fourth-order valence-corrected chi connectivity index (χ4v) is 4.42. The molecular weight excluding hydrogens is 306 g/mol. The van der Waals surface area contributed by atoms with E-state index >= 15 is 0 Å². The van der Waals surface area contributed by atoms with Crippen molar-refractivity contribution in [2.24, 2.45) is 0 Å². The van der Waals surface area contributed by atoms with Crippen LogP contribution in [0.25, 0.3) is 0 Å². The van der Waals surface area contributed by atoms with Crippen LogP contribution in [-0.4, -0.2) is 25.0 Å². The molecule has 0 bridgehead atoms. The molecule has 24 heavy (non-hydrogen) atoms.